The Labute approximate surface area is 92.2 Å². The molecule has 0 nitrogen and oxygen atoms in total. The summed E-state index contributed by atoms with van der Waals surface area (Å²) in [5.41, 5.74) is 0. The monoisotopic (exact) mass is 210 g/mol. The van der Waals surface area contributed by atoms with Crippen molar-refractivity contribution in [3.8, 4) is 0 Å². The molecule has 0 aromatic heterocycles. The van der Waals surface area contributed by atoms with Gasteiger partial charge < -0.3 is 0 Å². The van der Waals surface area contributed by atoms with Crippen LogP contribution in [-0.4, -0.2) is 11.0 Å². The van der Waals surface area contributed by atoms with Crippen LogP contribution in [0.5, 0.6) is 0 Å². The highest BCUT2D eigenvalue weighted by atomic mass is 32.2. The largest absolute Gasteiger partial charge is 0.158 e. The molecule has 0 saturated heterocycles. The summed E-state index contributed by atoms with van der Waals surface area (Å²) in [6, 6.07) is 0. The second-order valence-electron chi connectivity index (χ2n) is 5.71. The average molecular weight is 210 g/mol. The molecule has 3 aliphatic carbocycles. The molecule has 3 aliphatic rings. The van der Waals surface area contributed by atoms with Crippen LogP contribution in [-0.2, 0) is 0 Å². The van der Waals surface area contributed by atoms with E-state index in [9.17, 15) is 0 Å². The number of hydrogen-bond acceptors (Lipinski definition) is 1. The van der Waals surface area contributed by atoms with Crippen molar-refractivity contribution in [3.63, 3.8) is 0 Å². The van der Waals surface area contributed by atoms with E-state index in [1.165, 1.54) is 5.75 Å². The Hall–Kier alpha value is 0.350. The van der Waals surface area contributed by atoms with E-state index in [-0.39, 0.29) is 0 Å². The van der Waals surface area contributed by atoms with Crippen LogP contribution < -0.4 is 0 Å². The van der Waals surface area contributed by atoms with Crippen molar-refractivity contribution < 1.29 is 0 Å². The topological polar surface area (TPSA) is 0 Å². The van der Waals surface area contributed by atoms with Gasteiger partial charge in [-0.2, -0.15) is 11.8 Å². The van der Waals surface area contributed by atoms with Gasteiger partial charge in [0.2, 0.25) is 0 Å². The number of thioether (sulfide) groups is 1. The molecule has 0 heterocycles. The summed E-state index contributed by atoms with van der Waals surface area (Å²) in [7, 11) is 0. The lowest BCUT2D eigenvalue weighted by Crippen LogP contribution is -2.25. The van der Waals surface area contributed by atoms with E-state index in [0.29, 0.717) is 0 Å². The number of fused-ring (bicyclic) bond motifs is 5. The van der Waals surface area contributed by atoms with E-state index in [4.69, 9.17) is 0 Å². The van der Waals surface area contributed by atoms with Gasteiger partial charge in [-0.15, -0.1) is 0 Å². The first-order valence-electron chi connectivity index (χ1n) is 6.42. The third-order valence-corrected chi connectivity index (χ3v) is 6.60. The molecule has 80 valence electrons. The molecule has 0 spiro atoms. The summed E-state index contributed by atoms with van der Waals surface area (Å²) in [5.74, 6) is 6.91. The van der Waals surface area contributed by atoms with Crippen LogP contribution in [0.4, 0.5) is 0 Å². The van der Waals surface area contributed by atoms with Crippen LogP contribution >= 0.6 is 11.8 Å². The van der Waals surface area contributed by atoms with E-state index in [1.54, 1.807) is 25.7 Å². The highest BCUT2D eigenvalue weighted by Crippen LogP contribution is 2.62. The summed E-state index contributed by atoms with van der Waals surface area (Å²) in [6.45, 7) is 4.84. The third-order valence-electron chi connectivity index (χ3n) is 5.10. The lowest BCUT2D eigenvalue weighted by atomic mass is 9.82. The predicted octanol–water partition coefficient (Wildman–Crippen LogP) is 3.81. The van der Waals surface area contributed by atoms with E-state index in [1.807, 2.05) is 0 Å². The van der Waals surface area contributed by atoms with Gasteiger partial charge in [0.1, 0.15) is 0 Å². The first-order valence-corrected chi connectivity index (χ1v) is 7.47. The molecule has 3 saturated carbocycles. The lowest BCUT2D eigenvalue weighted by Gasteiger charge is -2.29. The first-order chi connectivity index (χ1) is 6.81. The van der Waals surface area contributed by atoms with Crippen molar-refractivity contribution in [2.24, 2.45) is 29.6 Å². The molecule has 2 bridgehead atoms. The second-order valence-corrected chi connectivity index (χ2v) is 7.16. The van der Waals surface area contributed by atoms with Crippen LogP contribution in [0.1, 0.15) is 39.5 Å². The Kier molecular flexibility index (Phi) is 2.35. The standard InChI is InChI=1S/C13H22S/c1-3-14-13-8(2)6-11-9-4-5-10(7-9)12(11)13/h8-13H,3-7H2,1-2H3. The van der Waals surface area contributed by atoms with Crippen molar-refractivity contribution in [2.75, 3.05) is 5.75 Å². The molecule has 0 aromatic carbocycles. The van der Waals surface area contributed by atoms with Gasteiger partial charge in [0.15, 0.2) is 0 Å². The zero-order valence-corrected chi connectivity index (χ0v) is 10.2. The zero-order chi connectivity index (χ0) is 9.71. The lowest BCUT2D eigenvalue weighted by molar-refractivity contribution is 0.263. The molecule has 0 N–H and O–H groups in total. The van der Waals surface area contributed by atoms with Gasteiger partial charge in [0, 0.05) is 5.25 Å². The maximum atomic E-state index is 2.51. The van der Waals surface area contributed by atoms with Crippen LogP contribution in [0.25, 0.3) is 0 Å². The molecular weight excluding hydrogens is 188 g/mol. The highest BCUT2D eigenvalue weighted by Gasteiger charge is 2.55. The average Bonchev–Trinajstić information content (AvgIpc) is 2.79. The van der Waals surface area contributed by atoms with Crippen molar-refractivity contribution in [1.29, 1.82) is 0 Å². The summed E-state index contributed by atoms with van der Waals surface area (Å²) in [5, 5.41) is 1.03. The Balaban J connectivity index is 1.80. The smallest absolute Gasteiger partial charge is 0.0106 e. The predicted molar refractivity (Wildman–Crippen MR) is 63.5 cm³/mol. The first kappa shape index (κ1) is 9.57. The van der Waals surface area contributed by atoms with Crippen LogP contribution in [0.2, 0.25) is 0 Å². The maximum absolute atomic E-state index is 2.51. The molecule has 0 aromatic rings. The van der Waals surface area contributed by atoms with Gasteiger partial charge in [0.05, 0.1) is 0 Å². The summed E-state index contributed by atoms with van der Waals surface area (Å²) >= 11 is 2.26. The maximum Gasteiger partial charge on any atom is 0.0106 e. The van der Waals surface area contributed by atoms with Crippen LogP contribution in [0, 0.1) is 29.6 Å². The van der Waals surface area contributed by atoms with Crippen molar-refractivity contribution in [1.82, 2.24) is 0 Å². The van der Waals surface area contributed by atoms with Crippen molar-refractivity contribution in [2.45, 2.75) is 44.8 Å². The zero-order valence-electron chi connectivity index (χ0n) is 9.41. The fourth-order valence-corrected chi connectivity index (χ4v) is 6.20. The van der Waals surface area contributed by atoms with Gasteiger partial charge in [-0.1, -0.05) is 13.8 Å². The molecule has 0 aliphatic heterocycles. The van der Waals surface area contributed by atoms with E-state index in [0.717, 1.165) is 34.8 Å². The quantitative estimate of drug-likeness (QED) is 0.668. The minimum atomic E-state index is 1.01. The molecular formula is C13H22S. The van der Waals surface area contributed by atoms with Crippen molar-refractivity contribution >= 4 is 11.8 Å². The molecule has 6 unspecified atom stereocenters. The second kappa shape index (κ2) is 3.43. The molecule has 1 heteroatoms. The minimum absolute atomic E-state index is 1.01. The SMILES string of the molecule is CCSC1C(C)CC2C3CCC(C3)C21. The molecule has 14 heavy (non-hydrogen) atoms. The normalized spacial score (nSPS) is 55.3. The van der Waals surface area contributed by atoms with Gasteiger partial charge >= 0.3 is 0 Å². The molecule has 3 rings (SSSR count). The Morgan fingerprint density at radius 3 is 2.71 bits per heavy atom. The highest BCUT2D eigenvalue weighted by molar-refractivity contribution is 7.99. The summed E-state index contributed by atoms with van der Waals surface area (Å²) in [6.07, 6.45) is 6.30. The molecule has 0 amide bonds. The minimum Gasteiger partial charge on any atom is -0.158 e. The molecule has 0 radical (unpaired) electrons. The van der Waals surface area contributed by atoms with Gasteiger partial charge in [-0.05, 0) is 61.0 Å². The van der Waals surface area contributed by atoms with E-state index < -0.39 is 0 Å². The Morgan fingerprint density at radius 1 is 1.14 bits per heavy atom. The fourth-order valence-electron chi connectivity index (χ4n) is 4.73. The number of rotatable bonds is 2. The summed E-state index contributed by atoms with van der Waals surface area (Å²) < 4.78 is 0. The Bertz CT molecular complexity index is 225. The van der Waals surface area contributed by atoms with Crippen LogP contribution in [0.3, 0.4) is 0 Å². The summed E-state index contributed by atoms with van der Waals surface area (Å²) in [4.78, 5) is 0. The Morgan fingerprint density at radius 2 is 1.93 bits per heavy atom. The van der Waals surface area contributed by atoms with E-state index in [2.05, 4.69) is 25.6 Å². The van der Waals surface area contributed by atoms with Crippen molar-refractivity contribution in [3.05, 3.63) is 0 Å². The van der Waals surface area contributed by atoms with Gasteiger partial charge in [-0.3, -0.25) is 0 Å². The van der Waals surface area contributed by atoms with Gasteiger partial charge in [-0.25, -0.2) is 0 Å². The van der Waals surface area contributed by atoms with E-state index >= 15 is 0 Å². The molecule has 3 fully saturated rings. The van der Waals surface area contributed by atoms with Gasteiger partial charge in [0.25, 0.3) is 0 Å². The number of hydrogen-bond donors (Lipinski definition) is 0. The molecule has 6 atom stereocenters. The fraction of sp³-hybridized carbons (Fsp3) is 1.00. The third kappa shape index (κ3) is 1.20. The van der Waals surface area contributed by atoms with Crippen LogP contribution in [0.15, 0.2) is 0 Å².